The van der Waals surface area contributed by atoms with E-state index >= 15 is 0 Å². The lowest BCUT2D eigenvalue weighted by atomic mass is 10.2. The quantitative estimate of drug-likeness (QED) is 0.811. The summed E-state index contributed by atoms with van der Waals surface area (Å²) in [5.41, 5.74) is 12.7. The van der Waals surface area contributed by atoms with Crippen molar-refractivity contribution in [3.05, 3.63) is 45.6 Å². The first kappa shape index (κ1) is 14.4. The molecule has 1 aromatic carbocycles. The van der Waals surface area contributed by atoms with Gasteiger partial charge in [-0.05, 0) is 30.7 Å². The molecular weight excluding hydrogens is 299 g/mol. The molecule has 0 spiro atoms. The maximum atomic E-state index is 11.2. The molecule has 0 aliphatic carbocycles. The van der Waals surface area contributed by atoms with Crippen molar-refractivity contribution in [1.82, 2.24) is 4.98 Å². The molecular formula is C13H12Cl2N4O. The van der Waals surface area contributed by atoms with E-state index in [2.05, 4.69) is 10.3 Å². The average Bonchev–Trinajstić information content (AvgIpc) is 2.37. The van der Waals surface area contributed by atoms with Crippen molar-refractivity contribution in [2.75, 3.05) is 11.1 Å². The number of nitrogens with zero attached hydrogens (tertiary/aromatic N) is 1. The SMILES string of the molecule is Cc1cc(Cl)c(Nc2cc(C(N)=O)c(N)cn2)cc1Cl. The van der Waals surface area contributed by atoms with E-state index < -0.39 is 5.91 Å². The van der Waals surface area contributed by atoms with Gasteiger partial charge < -0.3 is 16.8 Å². The van der Waals surface area contributed by atoms with E-state index in [0.717, 1.165) is 5.56 Å². The predicted octanol–water partition coefficient (Wildman–Crippen LogP) is 3.12. The summed E-state index contributed by atoms with van der Waals surface area (Å²) < 4.78 is 0. The third-order valence-corrected chi connectivity index (χ3v) is 3.43. The van der Waals surface area contributed by atoms with E-state index in [1.54, 1.807) is 12.1 Å². The van der Waals surface area contributed by atoms with Gasteiger partial charge in [-0.1, -0.05) is 23.2 Å². The van der Waals surface area contributed by atoms with Crippen LogP contribution in [0.15, 0.2) is 24.4 Å². The second-order valence-corrected chi connectivity index (χ2v) is 5.04. The number of aryl methyl sites for hydroxylation is 1. The second-order valence-electron chi connectivity index (χ2n) is 4.23. The number of benzene rings is 1. The first-order valence-corrected chi connectivity index (χ1v) is 6.42. The van der Waals surface area contributed by atoms with Crippen LogP contribution in [0.25, 0.3) is 0 Å². The Morgan fingerprint density at radius 1 is 1.25 bits per heavy atom. The minimum atomic E-state index is -0.624. The Bertz CT molecular complexity index is 688. The molecule has 2 rings (SSSR count). The average molecular weight is 311 g/mol. The summed E-state index contributed by atoms with van der Waals surface area (Å²) in [5.74, 6) is -0.226. The van der Waals surface area contributed by atoms with E-state index in [0.29, 0.717) is 21.6 Å². The van der Waals surface area contributed by atoms with Crippen molar-refractivity contribution in [3.63, 3.8) is 0 Å². The molecule has 0 aliphatic heterocycles. The van der Waals surface area contributed by atoms with Crippen LogP contribution in [-0.4, -0.2) is 10.9 Å². The predicted molar refractivity (Wildman–Crippen MR) is 81.6 cm³/mol. The standard InChI is InChI=1S/C13H12Cl2N4O/c1-6-2-9(15)11(4-8(6)14)19-12-3-7(13(17)20)10(16)5-18-12/h2-5H,16H2,1H3,(H2,17,20)(H,18,19). The van der Waals surface area contributed by atoms with Crippen molar-refractivity contribution in [2.45, 2.75) is 6.92 Å². The van der Waals surface area contributed by atoms with Gasteiger partial charge in [-0.3, -0.25) is 4.79 Å². The second kappa shape index (κ2) is 5.56. The molecule has 1 aromatic heterocycles. The zero-order valence-electron chi connectivity index (χ0n) is 10.6. The van der Waals surface area contributed by atoms with Crippen molar-refractivity contribution < 1.29 is 4.79 Å². The highest BCUT2D eigenvalue weighted by molar-refractivity contribution is 6.35. The number of aromatic nitrogens is 1. The zero-order valence-corrected chi connectivity index (χ0v) is 12.1. The van der Waals surface area contributed by atoms with Gasteiger partial charge in [0.15, 0.2) is 0 Å². The fourth-order valence-corrected chi connectivity index (χ4v) is 2.06. The minimum Gasteiger partial charge on any atom is -0.397 e. The largest absolute Gasteiger partial charge is 0.397 e. The molecule has 0 atom stereocenters. The van der Waals surface area contributed by atoms with Crippen molar-refractivity contribution >= 4 is 46.3 Å². The van der Waals surface area contributed by atoms with Gasteiger partial charge in [0, 0.05) is 5.02 Å². The summed E-state index contributed by atoms with van der Waals surface area (Å²) in [4.78, 5) is 15.3. The third-order valence-electron chi connectivity index (χ3n) is 2.71. The number of rotatable bonds is 3. The maximum absolute atomic E-state index is 11.2. The number of nitrogens with two attached hydrogens (primary N) is 2. The summed E-state index contributed by atoms with van der Waals surface area (Å²) in [7, 11) is 0. The lowest BCUT2D eigenvalue weighted by Crippen LogP contribution is -2.14. The molecule has 0 aliphatic rings. The summed E-state index contributed by atoms with van der Waals surface area (Å²) >= 11 is 12.2. The Labute approximate surface area is 125 Å². The fourth-order valence-electron chi connectivity index (χ4n) is 1.63. The number of anilines is 3. The number of primary amides is 1. The smallest absolute Gasteiger partial charge is 0.250 e. The van der Waals surface area contributed by atoms with Crippen LogP contribution in [0.4, 0.5) is 17.2 Å². The van der Waals surface area contributed by atoms with Crippen LogP contribution in [0.3, 0.4) is 0 Å². The summed E-state index contributed by atoms with van der Waals surface area (Å²) in [5, 5.41) is 4.04. The number of halogens is 2. The van der Waals surface area contributed by atoms with E-state index in [4.69, 9.17) is 34.7 Å². The molecule has 7 heteroatoms. The van der Waals surface area contributed by atoms with Gasteiger partial charge in [-0.2, -0.15) is 0 Å². The van der Waals surface area contributed by atoms with Gasteiger partial charge in [0.05, 0.1) is 28.2 Å². The van der Waals surface area contributed by atoms with Gasteiger partial charge in [0.2, 0.25) is 0 Å². The number of nitrogen functional groups attached to an aromatic ring is 1. The molecule has 1 heterocycles. The number of carbonyl (C=O) groups is 1. The first-order chi connectivity index (χ1) is 9.38. The molecule has 1 amide bonds. The number of nitrogens with one attached hydrogen (secondary N) is 1. The normalized spacial score (nSPS) is 10.3. The molecule has 0 radical (unpaired) electrons. The molecule has 0 unspecified atom stereocenters. The highest BCUT2D eigenvalue weighted by atomic mass is 35.5. The molecule has 0 fully saturated rings. The Morgan fingerprint density at radius 2 is 1.95 bits per heavy atom. The van der Waals surface area contributed by atoms with Gasteiger partial charge in [-0.15, -0.1) is 0 Å². The van der Waals surface area contributed by atoms with Crippen molar-refractivity contribution in [3.8, 4) is 0 Å². The third kappa shape index (κ3) is 2.95. The van der Waals surface area contributed by atoms with Crippen LogP contribution in [0.1, 0.15) is 15.9 Å². The number of hydrogen-bond acceptors (Lipinski definition) is 4. The van der Waals surface area contributed by atoms with E-state index in [9.17, 15) is 4.79 Å². The van der Waals surface area contributed by atoms with Crippen molar-refractivity contribution in [1.29, 1.82) is 0 Å². The molecule has 2 aromatic rings. The van der Waals surface area contributed by atoms with Crippen LogP contribution in [0, 0.1) is 6.92 Å². The Hall–Kier alpha value is -1.98. The lowest BCUT2D eigenvalue weighted by molar-refractivity contribution is 0.100. The molecule has 0 saturated heterocycles. The molecule has 5 N–H and O–H groups in total. The minimum absolute atomic E-state index is 0.192. The van der Waals surface area contributed by atoms with Crippen molar-refractivity contribution in [2.24, 2.45) is 5.73 Å². The van der Waals surface area contributed by atoms with Crippen LogP contribution in [-0.2, 0) is 0 Å². The zero-order chi connectivity index (χ0) is 14.9. The highest BCUT2D eigenvalue weighted by Crippen LogP contribution is 2.31. The molecule has 0 saturated carbocycles. The maximum Gasteiger partial charge on any atom is 0.250 e. The lowest BCUT2D eigenvalue weighted by Gasteiger charge is -2.11. The topological polar surface area (TPSA) is 94.0 Å². The number of carbonyl (C=O) groups excluding carboxylic acids is 1. The monoisotopic (exact) mass is 310 g/mol. The van der Waals surface area contributed by atoms with E-state index in [-0.39, 0.29) is 11.3 Å². The van der Waals surface area contributed by atoms with Gasteiger partial charge in [-0.25, -0.2) is 4.98 Å². The number of hydrogen-bond donors (Lipinski definition) is 3. The summed E-state index contributed by atoms with van der Waals surface area (Å²) in [6, 6.07) is 4.88. The van der Waals surface area contributed by atoms with E-state index in [1.165, 1.54) is 12.3 Å². The van der Waals surface area contributed by atoms with Gasteiger partial charge >= 0.3 is 0 Å². The van der Waals surface area contributed by atoms with Crippen LogP contribution in [0.2, 0.25) is 10.0 Å². The number of amides is 1. The Kier molecular flexibility index (Phi) is 4.01. The molecule has 20 heavy (non-hydrogen) atoms. The van der Waals surface area contributed by atoms with Gasteiger partial charge in [0.1, 0.15) is 5.82 Å². The number of pyridine rings is 1. The van der Waals surface area contributed by atoms with Crippen LogP contribution in [0.5, 0.6) is 0 Å². The Morgan fingerprint density at radius 3 is 2.60 bits per heavy atom. The molecule has 104 valence electrons. The summed E-state index contributed by atoms with van der Waals surface area (Å²) in [6.07, 6.45) is 1.35. The Balaban J connectivity index is 2.38. The molecule has 5 nitrogen and oxygen atoms in total. The van der Waals surface area contributed by atoms with Gasteiger partial charge in [0.25, 0.3) is 5.91 Å². The van der Waals surface area contributed by atoms with Crippen LogP contribution < -0.4 is 16.8 Å². The fraction of sp³-hybridized carbons (Fsp3) is 0.0769. The first-order valence-electron chi connectivity index (χ1n) is 5.66. The van der Waals surface area contributed by atoms with Crippen LogP contribution >= 0.6 is 23.2 Å². The summed E-state index contributed by atoms with van der Waals surface area (Å²) in [6.45, 7) is 1.85. The molecule has 0 bridgehead atoms. The van der Waals surface area contributed by atoms with E-state index in [1.807, 2.05) is 6.92 Å². The highest BCUT2D eigenvalue weighted by Gasteiger charge is 2.10.